The van der Waals surface area contributed by atoms with E-state index in [9.17, 15) is 14.4 Å². The number of hydrogen-bond donors (Lipinski definition) is 2. The fourth-order valence-corrected chi connectivity index (χ4v) is 3.93. The Morgan fingerprint density at radius 2 is 1.73 bits per heavy atom. The quantitative estimate of drug-likeness (QED) is 0.318. The van der Waals surface area contributed by atoms with Crippen LogP contribution in [0.1, 0.15) is 21.6 Å². The van der Waals surface area contributed by atoms with Crippen molar-refractivity contribution < 1.29 is 24.2 Å². The number of Topliss-reactive ketones (excluding diaryl/α,β-unsaturated/α-hetero) is 1. The standard InChI is InChI=1S/C26H22N2O5/c1-16-12-21-22(8-5-9-23(21)33-15-24(29)30)28(16)14-17-10-11-19(18-6-3-2-4-7-18)20(13-17)25(31)26(27)32/h2-13H,14-15H2,1H3,(H2,27,32)(H,29,30). The average molecular weight is 442 g/mol. The van der Waals surface area contributed by atoms with Gasteiger partial charge in [0.2, 0.25) is 0 Å². The average Bonchev–Trinajstić information content (AvgIpc) is 3.13. The fraction of sp³-hybridized carbons (Fsp3) is 0.115. The molecule has 0 atom stereocenters. The molecule has 1 heterocycles. The number of benzene rings is 3. The van der Waals surface area contributed by atoms with E-state index in [0.717, 1.165) is 27.7 Å². The Kier molecular flexibility index (Phi) is 5.95. The number of primary amides is 1. The minimum atomic E-state index is -1.05. The van der Waals surface area contributed by atoms with Gasteiger partial charge in [0.25, 0.3) is 11.7 Å². The SMILES string of the molecule is Cc1cc2c(OCC(=O)O)cccc2n1Cc1ccc(-c2ccccc2)c(C(=O)C(N)=O)c1. The Hall–Kier alpha value is -4.39. The number of carbonyl (C=O) groups is 3. The van der Waals surface area contributed by atoms with Gasteiger partial charge in [-0.2, -0.15) is 0 Å². The van der Waals surface area contributed by atoms with Gasteiger partial charge in [-0.1, -0.05) is 48.5 Å². The van der Waals surface area contributed by atoms with E-state index < -0.39 is 24.3 Å². The van der Waals surface area contributed by atoms with Gasteiger partial charge in [-0.15, -0.1) is 0 Å². The van der Waals surface area contributed by atoms with Crippen molar-refractivity contribution in [2.24, 2.45) is 5.73 Å². The molecule has 0 aliphatic heterocycles. The molecule has 0 spiro atoms. The summed E-state index contributed by atoms with van der Waals surface area (Å²) in [5, 5.41) is 9.72. The Morgan fingerprint density at radius 3 is 2.42 bits per heavy atom. The van der Waals surface area contributed by atoms with Crippen LogP contribution in [0.25, 0.3) is 22.0 Å². The molecular formula is C26H22N2O5. The van der Waals surface area contributed by atoms with Crippen molar-refractivity contribution in [3.05, 3.63) is 89.6 Å². The van der Waals surface area contributed by atoms with E-state index >= 15 is 0 Å². The Labute approximate surface area is 190 Å². The second kappa shape index (κ2) is 9.00. The zero-order chi connectivity index (χ0) is 23.5. The van der Waals surface area contributed by atoms with E-state index in [-0.39, 0.29) is 5.56 Å². The van der Waals surface area contributed by atoms with Gasteiger partial charge in [0.1, 0.15) is 5.75 Å². The van der Waals surface area contributed by atoms with Crippen LogP contribution in [0.4, 0.5) is 0 Å². The van der Waals surface area contributed by atoms with Crippen LogP contribution in [0.3, 0.4) is 0 Å². The molecule has 7 heteroatoms. The number of nitrogens with two attached hydrogens (primary N) is 1. The molecule has 0 radical (unpaired) electrons. The van der Waals surface area contributed by atoms with Crippen LogP contribution in [-0.4, -0.2) is 33.9 Å². The third-order valence-electron chi connectivity index (χ3n) is 5.44. The summed E-state index contributed by atoms with van der Waals surface area (Å²) in [6.45, 7) is 1.95. The smallest absolute Gasteiger partial charge is 0.341 e. The fourth-order valence-electron chi connectivity index (χ4n) is 3.93. The maximum Gasteiger partial charge on any atom is 0.341 e. The number of rotatable bonds is 8. The van der Waals surface area contributed by atoms with E-state index in [1.165, 1.54) is 0 Å². The molecule has 7 nitrogen and oxygen atoms in total. The molecular weight excluding hydrogens is 420 g/mol. The van der Waals surface area contributed by atoms with E-state index in [2.05, 4.69) is 0 Å². The van der Waals surface area contributed by atoms with Crippen molar-refractivity contribution in [1.82, 2.24) is 4.57 Å². The van der Waals surface area contributed by atoms with Crippen molar-refractivity contribution in [2.45, 2.75) is 13.5 Å². The van der Waals surface area contributed by atoms with E-state index in [1.807, 2.05) is 66.1 Å². The molecule has 0 saturated carbocycles. The number of carboxylic acid groups (broad SMARTS) is 1. The molecule has 33 heavy (non-hydrogen) atoms. The maximum absolute atomic E-state index is 12.6. The Bertz CT molecular complexity index is 1370. The van der Waals surface area contributed by atoms with Gasteiger partial charge in [-0.25, -0.2) is 4.79 Å². The first-order valence-electron chi connectivity index (χ1n) is 10.3. The number of nitrogens with zero attached hydrogens (tertiary/aromatic N) is 1. The van der Waals surface area contributed by atoms with E-state index in [1.54, 1.807) is 18.2 Å². The first-order chi connectivity index (χ1) is 15.8. The molecule has 166 valence electrons. The van der Waals surface area contributed by atoms with E-state index in [4.69, 9.17) is 15.6 Å². The number of aromatic nitrogens is 1. The number of aryl methyl sites for hydroxylation is 1. The number of fused-ring (bicyclic) bond motifs is 1. The predicted octanol–water partition coefficient (Wildman–Crippen LogP) is 3.80. The van der Waals surface area contributed by atoms with Crippen molar-refractivity contribution in [3.8, 4) is 16.9 Å². The largest absolute Gasteiger partial charge is 0.481 e. The lowest BCUT2D eigenvalue weighted by molar-refractivity contribution is -0.139. The number of ketones is 1. The van der Waals surface area contributed by atoms with Crippen LogP contribution in [-0.2, 0) is 16.1 Å². The third-order valence-corrected chi connectivity index (χ3v) is 5.44. The van der Waals surface area contributed by atoms with Crippen LogP contribution < -0.4 is 10.5 Å². The number of hydrogen-bond acceptors (Lipinski definition) is 4. The zero-order valence-electron chi connectivity index (χ0n) is 17.9. The van der Waals surface area contributed by atoms with E-state index in [0.29, 0.717) is 17.9 Å². The summed E-state index contributed by atoms with van der Waals surface area (Å²) in [6.07, 6.45) is 0. The van der Waals surface area contributed by atoms with Crippen molar-refractivity contribution in [2.75, 3.05) is 6.61 Å². The maximum atomic E-state index is 12.6. The number of carboxylic acids is 1. The van der Waals surface area contributed by atoms with Gasteiger partial charge in [0.15, 0.2) is 6.61 Å². The number of amides is 1. The minimum absolute atomic E-state index is 0.255. The topological polar surface area (TPSA) is 112 Å². The van der Waals surface area contributed by atoms with Crippen LogP contribution in [0.15, 0.2) is 72.8 Å². The second-order valence-electron chi connectivity index (χ2n) is 7.68. The predicted molar refractivity (Wildman–Crippen MR) is 124 cm³/mol. The normalized spacial score (nSPS) is 10.8. The summed E-state index contributed by atoms with van der Waals surface area (Å²) in [4.78, 5) is 35.2. The van der Waals surface area contributed by atoms with Gasteiger partial charge in [-0.05, 0) is 47.9 Å². The van der Waals surface area contributed by atoms with Crippen LogP contribution in [0.5, 0.6) is 5.75 Å². The number of aliphatic carboxylic acids is 1. The lowest BCUT2D eigenvalue weighted by Gasteiger charge is -2.13. The highest BCUT2D eigenvalue weighted by Gasteiger charge is 2.19. The van der Waals surface area contributed by atoms with Crippen molar-refractivity contribution in [3.63, 3.8) is 0 Å². The highest BCUT2D eigenvalue weighted by molar-refractivity contribution is 6.43. The zero-order valence-corrected chi connectivity index (χ0v) is 17.9. The lowest BCUT2D eigenvalue weighted by Crippen LogP contribution is -2.24. The molecule has 0 aliphatic rings. The van der Waals surface area contributed by atoms with Crippen molar-refractivity contribution in [1.29, 1.82) is 0 Å². The molecule has 0 fully saturated rings. The van der Waals surface area contributed by atoms with Gasteiger partial charge in [0, 0.05) is 23.2 Å². The summed E-state index contributed by atoms with van der Waals surface area (Å²) in [5.41, 5.74) is 9.65. The first kappa shape index (κ1) is 21.8. The highest BCUT2D eigenvalue weighted by Crippen LogP contribution is 2.31. The number of ether oxygens (including phenoxy) is 1. The number of carbonyl (C=O) groups excluding carboxylic acids is 2. The summed E-state index contributed by atoms with van der Waals surface area (Å²) >= 11 is 0. The van der Waals surface area contributed by atoms with Gasteiger partial charge in [0.05, 0.1) is 5.52 Å². The molecule has 0 aliphatic carbocycles. The minimum Gasteiger partial charge on any atom is -0.481 e. The lowest BCUT2D eigenvalue weighted by atomic mass is 9.94. The Balaban J connectivity index is 1.75. The molecule has 0 unspecified atom stereocenters. The summed E-state index contributed by atoms with van der Waals surface area (Å²) < 4.78 is 7.47. The molecule has 1 amide bonds. The second-order valence-corrected chi connectivity index (χ2v) is 7.68. The van der Waals surface area contributed by atoms with Gasteiger partial charge in [-0.3, -0.25) is 9.59 Å². The third kappa shape index (κ3) is 4.48. The summed E-state index contributed by atoms with van der Waals surface area (Å²) in [5.74, 6) is -2.31. The van der Waals surface area contributed by atoms with Crippen molar-refractivity contribution >= 4 is 28.6 Å². The molecule has 3 N–H and O–H groups in total. The van der Waals surface area contributed by atoms with Crippen LogP contribution >= 0.6 is 0 Å². The summed E-state index contributed by atoms with van der Waals surface area (Å²) in [6, 6.07) is 22.2. The molecule has 3 aromatic carbocycles. The molecule has 4 aromatic rings. The molecule has 0 bridgehead atoms. The van der Waals surface area contributed by atoms with Gasteiger partial charge < -0.3 is 20.1 Å². The molecule has 4 rings (SSSR count). The first-order valence-corrected chi connectivity index (χ1v) is 10.3. The van der Waals surface area contributed by atoms with Gasteiger partial charge >= 0.3 is 5.97 Å². The molecule has 1 aromatic heterocycles. The molecule has 0 saturated heterocycles. The highest BCUT2D eigenvalue weighted by atomic mass is 16.5. The van der Waals surface area contributed by atoms with Crippen LogP contribution in [0.2, 0.25) is 0 Å². The monoisotopic (exact) mass is 442 g/mol. The Morgan fingerprint density at radius 1 is 0.970 bits per heavy atom. The summed E-state index contributed by atoms with van der Waals surface area (Å²) in [7, 11) is 0. The van der Waals surface area contributed by atoms with Crippen LogP contribution in [0, 0.1) is 6.92 Å².